The minimum Gasteiger partial charge on any atom is -0.506 e. The maximum absolute atomic E-state index is 13.5. The summed E-state index contributed by atoms with van der Waals surface area (Å²) < 4.78 is 19.0. The normalized spacial score (nSPS) is 14.2. The van der Waals surface area contributed by atoms with E-state index >= 15 is 0 Å². The van der Waals surface area contributed by atoms with Crippen molar-refractivity contribution in [1.29, 1.82) is 0 Å². The van der Waals surface area contributed by atoms with Gasteiger partial charge in [-0.2, -0.15) is 0 Å². The number of nitrogens with one attached hydrogen (secondary N) is 1. The number of ether oxygens (including phenoxy) is 1. The number of benzene rings is 2. The van der Waals surface area contributed by atoms with Gasteiger partial charge < -0.3 is 19.7 Å². The second-order valence-corrected chi connectivity index (χ2v) is 7.28. The number of pyridine rings is 1. The number of morpholine rings is 1. The van der Waals surface area contributed by atoms with Gasteiger partial charge in [-0.05, 0) is 47.0 Å². The lowest BCUT2D eigenvalue weighted by Gasteiger charge is -2.28. The fraction of sp³-hybridized carbons (Fsp3) is 0.174. The van der Waals surface area contributed by atoms with Crippen LogP contribution in [0.1, 0.15) is 0 Å². The Bertz CT molecular complexity index is 1310. The number of rotatable bonds is 3. The van der Waals surface area contributed by atoms with Crippen molar-refractivity contribution in [2.45, 2.75) is 0 Å². The number of phenols is 1. The topological polar surface area (TPSA) is 91.3 Å². The Morgan fingerprint density at radius 2 is 1.81 bits per heavy atom. The van der Waals surface area contributed by atoms with Crippen molar-refractivity contribution < 1.29 is 14.2 Å². The van der Waals surface area contributed by atoms with Crippen molar-refractivity contribution in [2.24, 2.45) is 0 Å². The Morgan fingerprint density at radius 1 is 1.03 bits per heavy atom. The molecule has 0 amide bonds. The minimum atomic E-state index is -0.371. The van der Waals surface area contributed by atoms with Gasteiger partial charge in [0.25, 0.3) is 5.56 Å². The maximum atomic E-state index is 13.5. The van der Waals surface area contributed by atoms with Crippen LogP contribution in [0.4, 0.5) is 10.2 Å². The number of aromatic hydroxyl groups is 1. The minimum absolute atomic E-state index is 0.119. The lowest BCUT2D eigenvalue weighted by atomic mass is 9.91. The summed E-state index contributed by atoms with van der Waals surface area (Å²) in [4.78, 5) is 26.2. The van der Waals surface area contributed by atoms with E-state index < -0.39 is 0 Å². The highest BCUT2D eigenvalue weighted by molar-refractivity contribution is 6.05. The summed E-state index contributed by atoms with van der Waals surface area (Å²) in [6.45, 7) is 2.69. The third-order valence-electron chi connectivity index (χ3n) is 5.42. The van der Waals surface area contributed by atoms with E-state index in [1.807, 2.05) is 12.1 Å². The molecule has 3 heterocycles. The molecule has 1 saturated heterocycles. The van der Waals surface area contributed by atoms with E-state index in [2.05, 4.69) is 19.9 Å². The van der Waals surface area contributed by atoms with E-state index in [-0.39, 0.29) is 28.0 Å². The summed E-state index contributed by atoms with van der Waals surface area (Å²) in [6.07, 6.45) is 2.95. The summed E-state index contributed by atoms with van der Waals surface area (Å²) >= 11 is 0. The van der Waals surface area contributed by atoms with Crippen LogP contribution in [0.15, 0.2) is 59.8 Å². The smallest absolute Gasteiger partial charge is 0.259 e. The van der Waals surface area contributed by atoms with E-state index in [4.69, 9.17) is 4.74 Å². The zero-order valence-electron chi connectivity index (χ0n) is 16.5. The first-order valence-corrected chi connectivity index (χ1v) is 9.90. The number of anilines is 1. The van der Waals surface area contributed by atoms with Crippen molar-refractivity contribution in [2.75, 3.05) is 31.2 Å². The lowest BCUT2D eigenvalue weighted by Crippen LogP contribution is -2.36. The molecule has 2 N–H and O–H groups in total. The van der Waals surface area contributed by atoms with Crippen LogP contribution in [-0.2, 0) is 4.74 Å². The second-order valence-electron chi connectivity index (χ2n) is 7.28. The monoisotopic (exact) mass is 418 g/mol. The molecule has 1 fully saturated rings. The Labute approximate surface area is 176 Å². The fourth-order valence-corrected chi connectivity index (χ4v) is 3.93. The largest absolute Gasteiger partial charge is 0.506 e. The molecule has 1 aliphatic rings. The molecule has 0 bridgehead atoms. The molecule has 2 aromatic heterocycles. The van der Waals surface area contributed by atoms with E-state index in [1.165, 1.54) is 18.5 Å². The molecule has 7 nitrogen and oxygen atoms in total. The molecule has 0 radical (unpaired) electrons. The number of H-pyrrole nitrogens is 1. The number of phenolic OH excluding ortho intramolecular Hbond substituents is 1. The number of nitrogens with zero attached hydrogens (tertiary/aromatic N) is 3. The number of halogens is 1. The SMILES string of the molecule is O=c1[nH]cnc2c(O)cc(-c3ccc(F)cc3)c(-c3ccnc(N4CCOCC4)c3)c12. The van der Waals surface area contributed by atoms with Crippen molar-refractivity contribution in [1.82, 2.24) is 15.0 Å². The molecule has 4 aromatic rings. The zero-order chi connectivity index (χ0) is 21.4. The highest BCUT2D eigenvalue weighted by Gasteiger charge is 2.20. The maximum Gasteiger partial charge on any atom is 0.259 e. The Morgan fingerprint density at radius 3 is 2.58 bits per heavy atom. The van der Waals surface area contributed by atoms with Gasteiger partial charge in [0.2, 0.25) is 0 Å². The highest BCUT2D eigenvalue weighted by atomic mass is 19.1. The quantitative estimate of drug-likeness (QED) is 0.530. The van der Waals surface area contributed by atoms with Gasteiger partial charge in [-0.3, -0.25) is 4.79 Å². The molecular formula is C23H19FN4O3. The summed E-state index contributed by atoms with van der Waals surface area (Å²) in [7, 11) is 0. The molecule has 31 heavy (non-hydrogen) atoms. The van der Waals surface area contributed by atoms with Gasteiger partial charge >= 0.3 is 0 Å². The van der Waals surface area contributed by atoms with Crippen molar-refractivity contribution in [3.8, 4) is 28.0 Å². The molecule has 2 aromatic carbocycles. The molecule has 156 valence electrons. The van der Waals surface area contributed by atoms with Crippen LogP contribution >= 0.6 is 0 Å². The van der Waals surface area contributed by atoms with E-state index in [0.717, 1.165) is 24.5 Å². The molecule has 0 atom stereocenters. The van der Waals surface area contributed by atoms with Gasteiger partial charge in [0.05, 0.1) is 24.9 Å². The average molecular weight is 418 g/mol. The van der Waals surface area contributed by atoms with Gasteiger partial charge in [-0.1, -0.05) is 12.1 Å². The van der Waals surface area contributed by atoms with Crippen LogP contribution in [-0.4, -0.2) is 46.4 Å². The summed E-state index contributed by atoms with van der Waals surface area (Å²) in [5, 5.41) is 10.9. The molecule has 0 aliphatic carbocycles. The molecule has 0 unspecified atom stereocenters. The Kier molecular flexibility index (Phi) is 4.83. The predicted octanol–water partition coefficient (Wildman–Crippen LogP) is 3.33. The van der Waals surface area contributed by atoms with Gasteiger partial charge in [-0.25, -0.2) is 14.4 Å². The van der Waals surface area contributed by atoms with Gasteiger partial charge in [0, 0.05) is 24.8 Å². The molecule has 5 rings (SSSR count). The number of hydrogen-bond donors (Lipinski definition) is 2. The van der Waals surface area contributed by atoms with Crippen LogP contribution in [0.25, 0.3) is 33.2 Å². The summed E-state index contributed by atoms with van der Waals surface area (Å²) in [5.74, 6) is 0.285. The van der Waals surface area contributed by atoms with Crippen molar-refractivity contribution in [3.63, 3.8) is 0 Å². The van der Waals surface area contributed by atoms with E-state index in [1.54, 1.807) is 24.4 Å². The van der Waals surface area contributed by atoms with Crippen LogP contribution in [0.3, 0.4) is 0 Å². The molecule has 1 aliphatic heterocycles. The van der Waals surface area contributed by atoms with Gasteiger partial charge in [-0.15, -0.1) is 0 Å². The predicted molar refractivity (Wildman–Crippen MR) is 116 cm³/mol. The number of hydrogen-bond acceptors (Lipinski definition) is 6. The first kappa shape index (κ1) is 19.2. The molecule has 0 spiro atoms. The molecule has 8 heteroatoms. The number of fused-ring (bicyclic) bond motifs is 1. The third-order valence-corrected chi connectivity index (χ3v) is 5.42. The van der Waals surface area contributed by atoms with Crippen LogP contribution in [0.2, 0.25) is 0 Å². The van der Waals surface area contributed by atoms with Crippen LogP contribution in [0, 0.1) is 5.82 Å². The Balaban J connectivity index is 1.79. The zero-order valence-corrected chi connectivity index (χ0v) is 16.5. The average Bonchev–Trinajstić information content (AvgIpc) is 2.81. The first-order valence-electron chi connectivity index (χ1n) is 9.90. The molecule has 0 saturated carbocycles. The third kappa shape index (κ3) is 3.51. The van der Waals surface area contributed by atoms with E-state index in [0.29, 0.717) is 29.9 Å². The summed E-state index contributed by atoms with van der Waals surface area (Å²) in [5.41, 5.74) is 2.45. The lowest BCUT2D eigenvalue weighted by molar-refractivity contribution is 0.122. The van der Waals surface area contributed by atoms with E-state index in [9.17, 15) is 14.3 Å². The number of aromatic amines is 1. The summed E-state index contributed by atoms with van der Waals surface area (Å²) in [6, 6.07) is 11.2. The van der Waals surface area contributed by atoms with Gasteiger partial charge in [0.1, 0.15) is 22.9 Å². The Hall–Kier alpha value is -3.78. The fourth-order valence-electron chi connectivity index (χ4n) is 3.93. The molecular weight excluding hydrogens is 399 g/mol. The number of aromatic nitrogens is 3. The van der Waals surface area contributed by atoms with Crippen LogP contribution < -0.4 is 10.5 Å². The standard InChI is InChI=1S/C23H19FN4O3/c24-16-3-1-14(2-4-16)17-12-18(29)22-21(23(30)27-13-26-22)20(17)15-5-6-25-19(11-15)28-7-9-31-10-8-28/h1-6,11-13,29H,7-10H2,(H,26,27,30). The van der Waals surface area contributed by atoms with Gasteiger partial charge in [0.15, 0.2) is 0 Å². The van der Waals surface area contributed by atoms with Crippen LogP contribution in [0.5, 0.6) is 5.75 Å². The first-order chi connectivity index (χ1) is 15.1. The van der Waals surface area contributed by atoms with Crippen molar-refractivity contribution >= 4 is 16.7 Å². The second kappa shape index (κ2) is 7.81. The highest BCUT2D eigenvalue weighted by Crippen LogP contribution is 2.40. The van der Waals surface area contributed by atoms with Crippen molar-refractivity contribution in [3.05, 3.63) is 71.2 Å².